The van der Waals surface area contributed by atoms with Gasteiger partial charge in [0.1, 0.15) is 5.69 Å². The number of halogens is 1. The first-order chi connectivity index (χ1) is 17.8. The molecule has 1 aromatic carbocycles. The van der Waals surface area contributed by atoms with E-state index in [9.17, 15) is 5.11 Å². The number of aliphatic hydroxyl groups is 1. The van der Waals surface area contributed by atoms with Crippen LogP contribution in [0.15, 0.2) is 42.7 Å². The van der Waals surface area contributed by atoms with Gasteiger partial charge in [-0.15, -0.1) is 0 Å². The Balaban J connectivity index is 1.34. The standard InChI is InChI=1S/C30H34ClN5O/c1-30(2,37)25-11-8-20(15-26(25)31)28-24-14-22(18-33-29(24)35(3)34-28)27-16-19-6-9-23(36-12-4-5-13-36)10-7-21(19)17-32-27/h8,11,14-18,23,37H,4-7,9-10,12-13H2,1-3H3. The van der Waals surface area contributed by atoms with Crippen molar-refractivity contribution in [2.75, 3.05) is 13.1 Å². The third-order valence-corrected chi connectivity index (χ3v) is 8.42. The average Bonchev–Trinajstić information content (AvgIpc) is 3.46. The number of benzene rings is 1. The number of hydrogen-bond donors (Lipinski definition) is 1. The van der Waals surface area contributed by atoms with E-state index in [0.29, 0.717) is 16.6 Å². The molecule has 4 aromatic rings. The van der Waals surface area contributed by atoms with Gasteiger partial charge < -0.3 is 10.0 Å². The largest absolute Gasteiger partial charge is 0.386 e. The first kappa shape index (κ1) is 24.5. The zero-order valence-electron chi connectivity index (χ0n) is 21.8. The molecular formula is C30H34ClN5O. The summed E-state index contributed by atoms with van der Waals surface area (Å²) in [5.74, 6) is 0. The highest BCUT2D eigenvalue weighted by atomic mass is 35.5. The van der Waals surface area contributed by atoms with Crippen molar-refractivity contribution < 1.29 is 5.11 Å². The van der Waals surface area contributed by atoms with Crippen LogP contribution in [-0.4, -0.2) is 48.9 Å². The lowest BCUT2D eigenvalue weighted by Gasteiger charge is -2.25. The van der Waals surface area contributed by atoms with Crippen LogP contribution in [0.4, 0.5) is 0 Å². The van der Waals surface area contributed by atoms with Crippen LogP contribution < -0.4 is 0 Å². The molecule has 0 saturated carbocycles. The molecule has 4 heterocycles. The normalized spacial score (nSPS) is 18.8. The van der Waals surface area contributed by atoms with Gasteiger partial charge in [-0.3, -0.25) is 4.98 Å². The third-order valence-electron chi connectivity index (χ3n) is 8.11. The van der Waals surface area contributed by atoms with Gasteiger partial charge in [-0.1, -0.05) is 23.7 Å². The minimum Gasteiger partial charge on any atom is -0.386 e. The van der Waals surface area contributed by atoms with E-state index >= 15 is 0 Å². The fraction of sp³-hybridized carbons (Fsp3) is 0.433. The Labute approximate surface area is 223 Å². The molecule has 6 rings (SSSR count). The fourth-order valence-corrected chi connectivity index (χ4v) is 6.47. The zero-order chi connectivity index (χ0) is 25.7. The Kier molecular flexibility index (Phi) is 6.30. The van der Waals surface area contributed by atoms with Crippen LogP contribution in [0, 0.1) is 0 Å². The van der Waals surface area contributed by atoms with Crippen LogP contribution in [-0.2, 0) is 25.5 Å². The van der Waals surface area contributed by atoms with Gasteiger partial charge in [0.15, 0.2) is 5.65 Å². The molecule has 6 nitrogen and oxygen atoms in total. The molecule has 1 N–H and O–H groups in total. The van der Waals surface area contributed by atoms with Crippen LogP contribution >= 0.6 is 11.6 Å². The number of pyridine rings is 2. The Hall–Kier alpha value is -2.80. The minimum absolute atomic E-state index is 0.521. The van der Waals surface area contributed by atoms with E-state index in [1.54, 1.807) is 18.5 Å². The molecule has 0 spiro atoms. The molecular weight excluding hydrogens is 482 g/mol. The van der Waals surface area contributed by atoms with E-state index in [2.05, 4.69) is 23.2 Å². The molecule has 1 fully saturated rings. The SMILES string of the molecule is Cn1nc(-c2ccc(C(C)(C)O)c(Cl)c2)c2cc(-c3cc4c(cn3)CCC(N3CCCC3)CC4)cnc21. The maximum Gasteiger partial charge on any atom is 0.158 e. The Morgan fingerprint density at radius 1 is 0.946 bits per heavy atom. The van der Waals surface area contributed by atoms with Crippen molar-refractivity contribution in [3.05, 3.63) is 64.4 Å². The topological polar surface area (TPSA) is 67.1 Å². The lowest BCUT2D eigenvalue weighted by molar-refractivity contribution is 0.0787. The number of nitrogens with zero attached hydrogens (tertiary/aromatic N) is 5. The predicted octanol–water partition coefficient (Wildman–Crippen LogP) is 5.92. The average molecular weight is 516 g/mol. The summed E-state index contributed by atoms with van der Waals surface area (Å²) < 4.78 is 1.80. The van der Waals surface area contributed by atoms with E-state index in [4.69, 9.17) is 26.7 Å². The van der Waals surface area contributed by atoms with Gasteiger partial charge in [0.25, 0.3) is 0 Å². The van der Waals surface area contributed by atoms with Crippen LogP contribution in [0.1, 0.15) is 56.2 Å². The third kappa shape index (κ3) is 4.67. The second kappa shape index (κ2) is 9.50. The monoisotopic (exact) mass is 515 g/mol. The van der Waals surface area contributed by atoms with Crippen molar-refractivity contribution in [3.63, 3.8) is 0 Å². The summed E-state index contributed by atoms with van der Waals surface area (Å²) in [5.41, 5.74) is 6.96. The molecule has 1 atom stereocenters. The highest BCUT2D eigenvalue weighted by Gasteiger charge is 2.25. The van der Waals surface area contributed by atoms with Crippen LogP contribution in [0.25, 0.3) is 33.5 Å². The van der Waals surface area contributed by atoms with E-state index < -0.39 is 5.60 Å². The van der Waals surface area contributed by atoms with Gasteiger partial charge >= 0.3 is 0 Å². The molecule has 2 aliphatic rings. The maximum absolute atomic E-state index is 10.4. The molecule has 1 aliphatic heterocycles. The zero-order valence-corrected chi connectivity index (χ0v) is 22.6. The molecule has 1 unspecified atom stereocenters. The molecule has 0 bridgehead atoms. The van der Waals surface area contributed by atoms with Crippen molar-refractivity contribution in [2.24, 2.45) is 7.05 Å². The molecule has 3 aromatic heterocycles. The summed E-state index contributed by atoms with van der Waals surface area (Å²) in [6.07, 6.45) is 11.3. The summed E-state index contributed by atoms with van der Waals surface area (Å²) >= 11 is 6.56. The Bertz CT molecular complexity index is 1470. The van der Waals surface area contributed by atoms with E-state index in [0.717, 1.165) is 46.4 Å². The van der Waals surface area contributed by atoms with Crippen molar-refractivity contribution >= 4 is 22.6 Å². The highest BCUT2D eigenvalue weighted by molar-refractivity contribution is 6.31. The minimum atomic E-state index is -1.01. The van der Waals surface area contributed by atoms with Crippen molar-refractivity contribution in [1.29, 1.82) is 0 Å². The molecule has 37 heavy (non-hydrogen) atoms. The number of aryl methyl sites for hydroxylation is 3. The molecule has 1 aliphatic carbocycles. The van der Waals surface area contributed by atoms with Gasteiger partial charge in [0.2, 0.25) is 0 Å². The number of rotatable bonds is 4. The van der Waals surface area contributed by atoms with E-state index in [1.165, 1.54) is 49.9 Å². The molecule has 7 heteroatoms. The highest BCUT2D eigenvalue weighted by Crippen LogP contribution is 2.35. The van der Waals surface area contributed by atoms with Crippen molar-refractivity contribution in [1.82, 2.24) is 24.6 Å². The van der Waals surface area contributed by atoms with Gasteiger partial charge in [-0.2, -0.15) is 5.10 Å². The summed E-state index contributed by atoms with van der Waals surface area (Å²) in [6, 6.07) is 10.8. The summed E-state index contributed by atoms with van der Waals surface area (Å²) in [6.45, 7) is 5.99. The van der Waals surface area contributed by atoms with Gasteiger partial charge in [-0.05, 0) is 94.8 Å². The second-order valence-corrected chi connectivity index (χ2v) is 11.5. The first-order valence-electron chi connectivity index (χ1n) is 13.4. The summed E-state index contributed by atoms with van der Waals surface area (Å²) in [7, 11) is 1.91. The quantitative estimate of drug-likeness (QED) is 0.342. The molecule has 0 radical (unpaired) electrons. The van der Waals surface area contributed by atoms with Crippen molar-refractivity contribution in [3.8, 4) is 22.5 Å². The predicted molar refractivity (Wildman–Crippen MR) is 149 cm³/mol. The molecule has 192 valence electrons. The van der Waals surface area contributed by atoms with Gasteiger partial charge in [-0.25, -0.2) is 9.67 Å². The number of fused-ring (bicyclic) bond motifs is 2. The lowest BCUT2D eigenvalue weighted by atomic mass is 9.96. The van der Waals surface area contributed by atoms with Crippen molar-refractivity contribution in [2.45, 2.75) is 64.0 Å². The fourth-order valence-electron chi connectivity index (χ4n) is 6.05. The second-order valence-electron chi connectivity index (χ2n) is 11.1. The van der Waals surface area contributed by atoms with Crippen LogP contribution in [0.3, 0.4) is 0 Å². The van der Waals surface area contributed by atoms with Gasteiger partial charge in [0, 0.05) is 52.6 Å². The van der Waals surface area contributed by atoms with Crippen LogP contribution in [0.2, 0.25) is 5.02 Å². The lowest BCUT2D eigenvalue weighted by Crippen LogP contribution is -2.32. The first-order valence-corrected chi connectivity index (χ1v) is 13.7. The number of likely N-dealkylation sites (tertiary alicyclic amines) is 1. The van der Waals surface area contributed by atoms with Gasteiger partial charge in [0.05, 0.1) is 11.3 Å². The number of aromatic nitrogens is 4. The summed E-state index contributed by atoms with van der Waals surface area (Å²) in [4.78, 5) is 12.3. The Morgan fingerprint density at radius 3 is 2.43 bits per heavy atom. The van der Waals surface area contributed by atoms with E-state index in [-0.39, 0.29) is 0 Å². The number of hydrogen-bond acceptors (Lipinski definition) is 5. The maximum atomic E-state index is 10.4. The van der Waals surface area contributed by atoms with Crippen LogP contribution in [0.5, 0.6) is 0 Å². The molecule has 1 saturated heterocycles. The Morgan fingerprint density at radius 2 is 1.70 bits per heavy atom. The van der Waals surface area contributed by atoms with E-state index in [1.807, 2.05) is 31.4 Å². The summed E-state index contributed by atoms with van der Waals surface area (Å²) in [5, 5.41) is 16.7. The molecule has 0 amide bonds. The smallest absolute Gasteiger partial charge is 0.158 e.